The van der Waals surface area contributed by atoms with E-state index in [1.807, 2.05) is 0 Å². The molecule has 3 heterocycles. The maximum absolute atomic E-state index is 12.5. The van der Waals surface area contributed by atoms with E-state index in [1.54, 1.807) is 54.6 Å². The summed E-state index contributed by atoms with van der Waals surface area (Å²) >= 11 is 0. The molecule has 0 saturated carbocycles. The summed E-state index contributed by atoms with van der Waals surface area (Å²) in [5.74, 6) is 2.08. The molecule has 0 unspecified atom stereocenters. The molecule has 2 amide bonds. The second-order valence-corrected chi connectivity index (χ2v) is 6.45. The molecule has 2 N–H and O–H groups in total. The lowest BCUT2D eigenvalue weighted by molar-refractivity contribution is 0.101. The van der Waals surface area contributed by atoms with Gasteiger partial charge in [0.25, 0.3) is 11.8 Å². The predicted octanol–water partition coefficient (Wildman–Crippen LogP) is 3.04. The van der Waals surface area contributed by atoms with E-state index in [0.29, 0.717) is 45.8 Å². The molecular formula is C21H15N3O6. The van der Waals surface area contributed by atoms with Gasteiger partial charge in [-0.2, -0.15) is 0 Å². The number of nitrogens with zero attached hydrogens (tertiary/aromatic N) is 1. The maximum Gasteiger partial charge on any atom is 0.256 e. The summed E-state index contributed by atoms with van der Waals surface area (Å²) in [4.78, 5) is 29.3. The topological polar surface area (TPSA) is 108 Å². The van der Waals surface area contributed by atoms with Crippen molar-refractivity contribution < 1.29 is 28.5 Å². The number of benzene rings is 2. The lowest BCUT2D eigenvalue weighted by atomic mass is 10.2. The van der Waals surface area contributed by atoms with E-state index in [4.69, 9.17) is 18.9 Å². The Kier molecular flexibility index (Phi) is 4.32. The molecule has 0 fully saturated rings. The van der Waals surface area contributed by atoms with Crippen molar-refractivity contribution in [2.75, 3.05) is 24.2 Å². The Hall–Kier alpha value is -4.27. The number of amides is 2. The molecule has 150 valence electrons. The largest absolute Gasteiger partial charge is 0.454 e. The van der Waals surface area contributed by atoms with Crippen LogP contribution in [0.25, 0.3) is 0 Å². The number of rotatable bonds is 4. The summed E-state index contributed by atoms with van der Waals surface area (Å²) in [7, 11) is 0. The summed E-state index contributed by atoms with van der Waals surface area (Å²) in [5.41, 5.74) is 0.798. The fraction of sp³-hybridized carbons (Fsp3) is 0.0952. The van der Waals surface area contributed by atoms with E-state index in [2.05, 4.69) is 15.6 Å². The van der Waals surface area contributed by atoms with Gasteiger partial charge >= 0.3 is 0 Å². The number of hydrogen-bond acceptors (Lipinski definition) is 7. The summed E-state index contributed by atoms with van der Waals surface area (Å²) in [6.07, 6.45) is 0. The number of hydrogen-bond donors (Lipinski definition) is 2. The SMILES string of the molecule is O=C(Nc1cccc(NC(=O)c2ccc3c(c2)OCO3)n1)c1ccc2c(c1)OCO2. The number of aromatic nitrogens is 1. The molecule has 2 aliphatic heterocycles. The van der Waals surface area contributed by atoms with Crippen LogP contribution in [0.1, 0.15) is 20.7 Å². The Morgan fingerprint density at radius 2 is 1.13 bits per heavy atom. The number of fused-ring (bicyclic) bond motifs is 2. The van der Waals surface area contributed by atoms with Gasteiger partial charge < -0.3 is 29.6 Å². The molecule has 2 aromatic carbocycles. The third kappa shape index (κ3) is 3.44. The van der Waals surface area contributed by atoms with Crippen molar-refractivity contribution in [1.82, 2.24) is 4.98 Å². The molecule has 0 aliphatic carbocycles. The Morgan fingerprint density at radius 3 is 1.63 bits per heavy atom. The summed E-state index contributed by atoms with van der Waals surface area (Å²) in [6.45, 7) is 0.264. The van der Waals surface area contributed by atoms with Gasteiger partial charge in [0.2, 0.25) is 13.6 Å². The molecule has 0 radical (unpaired) electrons. The van der Waals surface area contributed by atoms with Crippen LogP contribution >= 0.6 is 0 Å². The summed E-state index contributed by atoms with van der Waals surface area (Å²) in [6, 6.07) is 14.7. The minimum absolute atomic E-state index is 0.132. The third-order valence-electron chi connectivity index (χ3n) is 4.50. The molecule has 0 bridgehead atoms. The quantitative estimate of drug-likeness (QED) is 0.687. The molecule has 3 aromatic rings. The van der Waals surface area contributed by atoms with Crippen LogP contribution in [0.5, 0.6) is 23.0 Å². The highest BCUT2D eigenvalue weighted by Crippen LogP contribution is 2.33. The fourth-order valence-corrected chi connectivity index (χ4v) is 3.03. The van der Waals surface area contributed by atoms with Gasteiger partial charge in [0.15, 0.2) is 23.0 Å². The van der Waals surface area contributed by atoms with Gasteiger partial charge in [-0.3, -0.25) is 9.59 Å². The van der Waals surface area contributed by atoms with Crippen LogP contribution in [-0.4, -0.2) is 30.4 Å². The molecule has 1 aromatic heterocycles. The van der Waals surface area contributed by atoms with Crippen LogP contribution in [0.3, 0.4) is 0 Å². The first kappa shape index (κ1) is 17.8. The minimum atomic E-state index is -0.361. The molecule has 0 atom stereocenters. The first-order valence-electron chi connectivity index (χ1n) is 9.05. The average Bonchev–Trinajstić information content (AvgIpc) is 3.42. The predicted molar refractivity (Wildman–Crippen MR) is 105 cm³/mol. The van der Waals surface area contributed by atoms with Crippen LogP contribution in [0, 0.1) is 0 Å². The van der Waals surface area contributed by atoms with E-state index < -0.39 is 0 Å². The van der Waals surface area contributed by atoms with Crippen molar-refractivity contribution in [1.29, 1.82) is 0 Å². The van der Waals surface area contributed by atoms with Crippen LogP contribution in [-0.2, 0) is 0 Å². The van der Waals surface area contributed by atoms with Crippen LogP contribution in [0.4, 0.5) is 11.6 Å². The van der Waals surface area contributed by atoms with E-state index in [9.17, 15) is 9.59 Å². The molecule has 9 heteroatoms. The molecule has 2 aliphatic rings. The third-order valence-corrected chi connectivity index (χ3v) is 4.50. The Bertz CT molecular complexity index is 1080. The van der Waals surface area contributed by atoms with E-state index in [0.717, 1.165) is 0 Å². The normalized spacial score (nSPS) is 13.1. The second kappa shape index (κ2) is 7.28. The van der Waals surface area contributed by atoms with Crippen molar-refractivity contribution in [2.45, 2.75) is 0 Å². The molecule has 0 saturated heterocycles. The fourth-order valence-electron chi connectivity index (χ4n) is 3.03. The zero-order valence-corrected chi connectivity index (χ0v) is 15.5. The lowest BCUT2D eigenvalue weighted by Gasteiger charge is -2.09. The van der Waals surface area contributed by atoms with E-state index in [1.165, 1.54) is 0 Å². The molecular weight excluding hydrogens is 390 g/mol. The minimum Gasteiger partial charge on any atom is -0.454 e. The molecule has 30 heavy (non-hydrogen) atoms. The lowest BCUT2D eigenvalue weighted by Crippen LogP contribution is -2.15. The van der Waals surface area contributed by atoms with E-state index >= 15 is 0 Å². The smallest absolute Gasteiger partial charge is 0.256 e. The zero-order valence-electron chi connectivity index (χ0n) is 15.5. The number of carbonyl (C=O) groups is 2. The van der Waals surface area contributed by atoms with Crippen molar-refractivity contribution >= 4 is 23.5 Å². The van der Waals surface area contributed by atoms with Gasteiger partial charge in [0.1, 0.15) is 11.6 Å². The second-order valence-electron chi connectivity index (χ2n) is 6.45. The van der Waals surface area contributed by atoms with Gasteiger partial charge in [0, 0.05) is 11.1 Å². The maximum atomic E-state index is 12.5. The molecule has 0 spiro atoms. The van der Waals surface area contributed by atoms with Crippen LogP contribution in [0.15, 0.2) is 54.6 Å². The van der Waals surface area contributed by atoms with Crippen molar-refractivity contribution in [3.63, 3.8) is 0 Å². The van der Waals surface area contributed by atoms with Crippen LogP contribution < -0.4 is 29.6 Å². The highest BCUT2D eigenvalue weighted by atomic mass is 16.7. The summed E-state index contributed by atoms with van der Waals surface area (Å²) in [5, 5.41) is 5.41. The Morgan fingerprint density at radius 1 is 0.667 bits per heavy atom. The highest BCUT2D eigenvalue weighted by Gasteiger charge is 2.18. The number of anilines is 2. The van der Waals surface area contributed by atoms with E-state index in [-0.39, 0.29) is 25.4 Å². The Balaban J connectivity index is 1.28. The average molecular weight is 405 g/mol. The first-order valence-corrected chi connectivity index (χ1v) is 9.05. The van der Waals surface area contributed by atoms with Crippen molar-refractivity contribution in [2.24, 2.45) is 0 Å². The molecule has 5 rings (SSSR count). The van der Waals surface area contributed by atoms with Crippen LogP contribution in [0.2, 0.25) is 0 Å². The van der Waals surface area contributed by atoms with Gasteiger partial charge in [-0.15, -0.1) is 0 Å². The highest BCUT2D eigenvalue weighted by molar-refractivity contribution is 6.05. The van der Waals surface area contributed by atoms with Crippen molar-refractivity contribution in [3.8, 4) is 23.0 Å². The number of nitrogens with one attached hydrogen (secondary N) is 2. The zero-order chi connectivity index (χ0) is 20.5. The van der Waals surface area contributed by atoms with Gasteiger partial charge in [0.05, 0.1) is 0 Å². The van der Waals surface area contributed by atoms with Crippen molar-refractivity contribution in [3.05, 3.63) is 65.7 Å². The van der Waals surface area contributed by atoms with Gasteiger partial charge in [-0.05, 0) is 48.5 Å². The standard InChI is InChI=1S/C21H15N3O6/c25-20(12-4-6-14-16(8-12)29-10-27-14)23-18-2-1-3-19(22-18)24-21(26)13-5-7-15-17(9-13)30-11-28-15/h1-9H,10-11H2,(H2,22,23,24,25,26). The monoisotopic (exact) mass is 405 g/mol. The Labute approximate surface area is 170 Å². The van der Waals surface area contributed by atoms with Gasteiger partial charge in [-0.25, -0.2) is 4.98 Å². The number of ether oxygens (including phenoxy) is 4. The van der Waals surface area contributed by atoms with Gasteiger partial charge in [-0.1, -0.05) is 6.07 Å². The number of carbonyl (C=O) groups excluding carboxylic acids is 2. The first-order chi connectivity index (χ1) is 14.7. The molecule has 9 nitrogen and oxygen atoms in total. The number of pyridine rings is 1. The summed E-state index contributed by atoms with van der Waals surface area (Å²) < 4.78 is 21.1.